The Kier molecular flexibility index (Phi) is 16.2. The molecule has 0 aromatic heterocycles. The van der Waals surface area contributed by atoms with Crippen LogP contribution in [0.5, 0.6) is 11.5 Å². The topological polar surface area (TPSA) is 126 Å². The van der Waals surface area contributed by atoms with Gasteiger partial charge in [0.15, 0.2) is 29.2 Å². The molecule has 0 aliphatic carbocycles. The molecular formula is C44H66O12Si2. The van der Waals surface area contributed by atoms with E-state index in [0.717, 1.165) is 0 Å². The molecule has 2 aromatic carbocycles. The van der Waals surface area contributed by atoms with Crippen molar-refractivity contribution in [1.82, 2.24) is 0 Å². The molecule has 4 rings (SSSR count). The first-order chi connectivity index (χ1) is 27.1. The predicted molar refractivity (Wildman–Crippen MR) is 227 cm³/mol. The highest BCUT2D eigenvalue weighted by Crippen LogP contribution is 2.43. The third kappa shape index (κ3) is 12.4. The molecule has 0 saturated heterocycles. The number of carbonyl (C=O) groups excluding carboxylic acids is 2. The lowest BCUT2D eigenvalue weighted by atomic mass is 9.95. The summed E-state index contributed by atoms with van der Waals surface area (Å²) in [5.41, 5.74) is 0.751. The maximum Gasteiger partial charge on any atom is 0.338 e. The van der Waals surface area contributed by atoms with Crippen molar-refractivity contribution >= 4 is 28.6 Å². The van der Waals surface area contributed by atoms with Crippen LogP contribution in [0.3, 0.4) is 0 Å². The average Bonchev–Trinajstić information content (AvgIpc) is 3.17. The number of rotatable bonds is 17. The van der Waals surface area contributed by atoms with Crippen molar-refractivity contribution in [3.63, 3.8) is 0 Å². The van der Waals surface area contributed by atoms with Gasteiger partial charge >= 0.3 is 11.9 Å². The van der Waals surface area contributed by atoms with Crippen molar-refractivity contribution < 1.29 is 56.3 Å². The van der Waals surface area contributed by atoms with E-state index in [1.54, 1.807) is 89.1 Å². The molecule has 8 atom stereocenters. The van der Waals surface area contributed by atoms with E-state index in [9.17, 15) is 9.59 Å². The normalized spacial score (nSPS) is 23.8. The molecule has 2 aliphatic heterocycles. The summed E-state index contributed by atoms with van der Waals surface area (Å²) in [6.07, 6.45) is 2.24. The molecule has 58 heavy (non-hydrogen) atoms. The van der Waals surface area contributed by atoms with Gasteiger partial charge in [-0.2, -0.15) is 0 Å². The van der Waals surface area contributed by atoms with Gasteiger partial charge in [-0.1, -0.05) is 41.5 Å². The van der Waals surface area contributed by atoms with Gasteiger partial charge in [-0.15, -0.1) is 0 Å². The first-order valence-electron chi connectivity index (χ1n) is 19.9. The zero-order chi connectivity index (χ0) is 43.1. The highest BCUT2D eigenvalue weighted by molar-refractivity contribution is 6.74. The number of carbonyl (C=O) groups is 2. The molecule has 2 aliphatic rings. The van der Waals surface area contributed by atoms with E-state index < -0.39 is 77.8 Å². The average molecular weight is 843 g/mol. The van der Waals surface area contributed by atoms with Gasteiger partial charge in [-0.25, -0.2) is 9.59 Å². The molecule has 0 unspecified atom stereocenters. The molecule has 0 N–H and O–H groups in total. The molecule has 322 valence electrons. The molecule has 0 saturated carbocycles. The number of hydrogen-bond donors (Lipinski definition) is 0. The van der Waals surface area contributed by atoms with Crippen molar-refractivity contribution in [1.29, 1.82) is 0 Å². The van der Waals surface area contributed by atoms with Crippen molar-refractivity contribution in [3.05, 3.63) is 84.0 Å². The van der Waals surface area contributed by atoms with Crippen LogP contribution in [0, 0.1) is 0 Å². The zero-order valence-corrected chi connectivity index (χ0v) is 38.9. The molecule has 0 amide bonds. The lowest BCUT2D eigenvalue weighted by Gasteiger charge is -2.47. The van der Waals surface area contributed by atoms with Gasteiger partial charge in [0.1, 0.15) is 35.9 Å². The van der Waals surface area contributed by atoms with E-state index >= 15 is 0 Å². The Labute approximate surface area is 347 Å². The number of esters is 2. The standard InChI is InChI=1S/C44H66O12Si2/c1-43(2,3)57(11,12)55-37(27-35-33(23-25-39(49-9)51-35)53-41(45)29-15-19-31(47-7)20-16-29)38(56-58(13,14)44(4,5)6)28-36-34(24-26-40(50-10)52-36)54-42(46)30-17-21-32(48-8)22-18-30/h15-26,33-40H,27-28H2,1-14H3/t33-,34-,35+,36+,37+,38+,39-,40-/m0/s1. The van der Waals surface area contributed by atoms with E-state index in [1.807, 2.05) is 12.2 Å². The summed E-state index contributed by atoms with van der Waals surface area (Å²) in [6.45, 7) is 21.9. The number of ether oxygens (including phenoxy) is 8. The van der Waals surface area contributed by atoms with Crippen LogP contribution in [0.2, 0.25) is 36.3 Å². The van der Waals surface area contributed by atoms with Gasteiger partial charge in [0, 0.05) is 27.1 Å². The van der Waals surface area contributed by atoms with Gasteiger partial charge in [0.25, 0.3) is 0 Å². The van der Waals surface area contributed by atoms with E-state index in [-0.39, 0.29) is 22.9 Å². The van der Waals surface area contributed by atoms with Crippen molar-refractivity contribution in [2.75, 3.05) is 28.4 Å². The fourth-order valence-corrected chi connectivity index (χ4v) is 8.79. The highest BCUT2D eigenvalue weighted by atomic mass is 28.4. The fourth-order valence-electron chi connectivity index (χ4n) is 6.07. The molecule has 0 spiro atoms. The minimum Gasteiger partial charge on any atom is -0.497 e. The summed E-state index contributed by atoms with van der Waals surface area (Å²) >= 11 is 0. The minimum atomic E-state index is -2.52. The Morgan fingerprint density at radius 2 is 0.897 bits per heavy atom. The van der Waals surface area contributed by atoms with E-state index in [1.165, 1.54) is 0 Å². The van der Waals surface area contributed by atoms with Gasteiger partial charge in [0.05, 0.1) is 37.6 Å². The fraction of sp³-hybridized carbons (Fsp3) is 0.591. The predicted octanol–water partition coefficient (Wildman–Crippen LogP) is 8.87. The summed E-state index contributed by atoms with van der Waals surface area (Å²) in [7, 11) is 1.23. The molecule has 0 radical (unpaired) electrons. The molecule has 12 nitrogen and oxygen atoms in total. The van der Waals surface area contributed by atoms with Gasteiger partial charge in [0.2, 0.25) is 0 Å². The second-order valence-corrected chi connectivity index (χ2v) is 27.3. The Morgan fingerprint density at radius 3 is 1.17 bits per heavy atom. The maximum absolute atomic E-state index is 13.6. The SMILES string of the molecule is COc1ccc(C(=O)O[C@H]2C=C[C@@H](OC)O[C@@H]2C[C@@H](O[Si](C)(C)C(C)(C)C)[C@@H](C[C@H]2O[C@H](OC)C=C[C@@H]2OC(=O)c2ccc(OC)cc2)O[Si](C)(C)C(C)(C)C)cc1. The maximum atomic E-state index is 13.6. The Balaban J connectivity index is 1.76. The van der Waals surface area contributed by atoms with Crippen LogP contribution in [0.4, 0.5) is 0 Å². The summed E-state index contributed by atoms with van der Waals surface area (Å²) in [5.74, 6) is 0.242. The van der Waals surface area contributed by atoms with Gasteiger partial charge in [-0.3, -0.25) is 0 Å². The van der Waals surface area contributed by atoms with E-state index in [4.69, 9.17) is 46.7 Å². The van der Waals surface area contributed by atoms with Gasteiger partial charge < -0.3 is 46.7 Å². The zero-order valence-electron chi connectivity index (χ0n) is 36.9. The Morgan fingerprint density at radius 1 is 0.569 bits per heavy atom. The first-order valence-corrected chi connectivity index (χ1v) is 25.7. The lowest BCUT2D eigenvalue weighted by Crippen LogP contribution is -2.55. The van der Waals surface area contributed by atoms with Crippen LogP contribution in [-0.4, -0.2) is 106 Å². The largest absolute Gasteiger partial charge is 0.497 e. The van der Waals surface area contributed by atoms with Crippen LogP contribution in [0.25, 0.3) is 0 Å². The minimum absolute atomic E-state index is 0.170. The highest BCUT2D eigenvalue weighted by Gasteiger charge is 2.48. The summed E-state index contributed by atoms with van der Waals surface area (Å²) in [5, 5.41) is -0.339. The first kappa shape index (κ1) is 47.3. The quantitative estimate of drug-likeness (QED) is 0.0858. The number of methoxy groups -OCH3 is 4. The van der Waals surface area contributed by atoms with Crippen LogP contribution in [0.15, 0.2) is 72.8 Å². The van der Waals surface area contributed by atoms with Crippen molar-refractivity contribution in [2.45, 2.75) is 140 Å². The molecule has 0 fully saturated rings. The summed E-state index contributed by atoms with van der Waals surface area (Å²) < 4.78 is 61.9. The van der Waals surface area contributed by atoms with Crippen LogP contribution in [-0.2, 0) is 37.3 Å². The van der Waals surface area contributed by atoms with Gasteiger partial charge in [-0.05, 0) is 109 Å². The Bertz CT molecular complexity index is 1570. The lowest BCUT2D eigenvalue weighted by molar-refractivity contribution is -0.180. The molecule has 0 bridgehead atoms. The van der Waals surface area contributed by atoms with Crippen molar-refractivity contribution in [3.8, 4) is 11.5 Å². The molecule has 14 heteroatoms. The smallest absolute Gasteiger partial charge is 0.338 e. The summed E-state index contributed by atoms with van der Waals surface area (Å²) in [6, 6.07) is 13.5. The number of hydrogen-bond acceptors (Lipinski definition) is 12. The molecule has 2 aromatic rings. The summed E-state index contributed by atoms with van der Waals surface area (Å²) in [4.78, 5) is 27.1. The van der Waals surface area contributed by atoms with Crippen LogP contribution in [0.1, 0.15) is 75.1 Å². The molecule has 2 heterocycles. The Hall–Kier alpha value is -3.35. The second kappa shape index (κ2) is 19.8. The van der Waals surface area contributed by atoms with E-state index in [0.29, 0.717) is 22.6 Å². The van der Waals surface area contributed by atoms with E-state index in [2.05, 4.69) is 67.7 Å². The molecular weight excluding hydrogens is 777 g/mol. The van der Waals surface area contributed by atoms with Crippen molar-refractivity contribution in [2.24, 2.45) is 0 Å². The third-order valence-corrected chi connectivity index (χ3v) is 20.7. The van der Waals surface area contributed by atoms with Crippen LogP contribution >= 0.6 is 0 Å². The monoisotopic (exact) mass is 842 g/mol. The number of benzene rings is 2. The second-order valence-electron chi connectivity index (χ2n) is 17.8. The van der Waals surface area contributed by atoms with Crippen LogP contribution < -0.4 is 9.47 Å². The third-order valence-electron chi connectivity index (χ3n) is 11.7.